The maximum atomic E-state index is 13.1. The molecule has 7 nitrogen and oxygen atoms in total. The summed E-state index contributed by atoms with van der Waals surface area (Å²) in [5.74, 6) is 2.29. The van der Waals surface area contributed by atoms with E-state index in [2.05, 4.69) is 17.1 Å². The van der Waals surface area contributed by atoms with Crippen molar-refractivity contribution in [1.29, 1.82) is 0 Å². The van der Waals surface area contributed by atoms with Gasteiger partial charge < -0.3 is 25.5 Å². The molecule has 1 fully saturated rings. The van der Waals surface area contributed by atoms with Crippen molar-refractivity contribution < 1.29 is 14.6 Å². The number of amides is 1. The van der Waals surface area contributed by atoms with Crippen LogP contribution < -0.4 is 11.3 Å². The van der Waals surface area contributed by atoms with Gasteiger partial charge in [0.25, 0.3) is 0 Å². The lowest BCUT2D eigenvalue weighted by molar-refractivity contribution is 0.0249. The fourth-order valence-corrected chi connectivity index (χ4v) is 8.04. The summed E-state index contributed by atoms with van der Waals surface area (Å²) in [4.78, 5) is 29.4. The first-order valence-electron chi connectivity index (χ1n) is 13.0. The van der Waals surface area contributed by atoms with Gasteiger partial charge in [0.15, 0.2) is 0 Å². The molecule has 0 bridgehead atoms. The Morgan fingerprint density at radius 3 is 2.45 bits per heavy atom. The number of aromatic amines is 1. The van der Waals surface area contributed by atoms with Gasteiger partial charge in [0.05, 0.1) is 9.60 Å². The second-order valence-corrected chi connectivity index (χ2v) is 13.6. The number of ether oxygens (including phenoxy) is 1. The van der Waals surface area contributed by atoms with E-state index in [0.29, 0.717) is 25.0 Å². The minimum Gasteiger partial charge on any atom is -0.506 e. The number of nitrogens with one attached hydrogen (secondary N) is 1. The molecule has 2 heterocycles. The van der Waals surface area contributed by atoms with Crippen LogP contribution in [-0.2, 0) is 15.2 Å². The number of anilines is 1. The van der Waals surface area contributed by atoms with E-state index in [1.807, 2.05) is 62.5 Å². The first kappa shape index (κ1) is 28.2. The van der Waals surface area contributed by atoms with Crippen LogP contribution in [0.15, 0.2) is 53.3 Å². The molecule has 1 aromatic heterocycles. The van der Waals surface area contributed by atoms with Crippen molar-refractivity contribution in [2.45, 2.75) is 56.1 Å². The zero-order valence-corrected chi connectivity index (χ0v) is 23.9. The number of benzene rings is 2. The van der Waals surface area contributed by atoms with Crippen molar-refractivity contribution in [3.8, 4) is 5.75 Å². The molecule has 2 aromatic carbocycles. The Balaban J connectivity index is 1.43. The van der Waals surface area contributed by atoms with Crippen molar-refractivity contribution in [3.05, 3.63) is 70.0 Å². The Hall–Kier alpha value is -2.78. The molecular formula is C29H37N3O4S2. The number of pyridine rings is 1. The number of carbonyl (C=O) groups excluding carboxylic acids is 1. The van der Waals surface area contributed by atoms with Crippen LogP contribution in [0.25, 0.3) is 10.9 Å². The molecule has 0 spiro atoms. The molecule has 1 aliphatic rings. The van der Waals surface area contributed by atoms with Gasteiger partial charge in [0.2, 0.25) is 5.56 Å². The summed E-state index contributed by atoms with van der Waals surface area (Å²) in [5.41, 5.74) is 8.51. The quantitative estimate of drug-likeness (QED) is 0.216. The third-order valence-electron chi connectivity index (χ3n) is 6.55. The smallest absolute Gasteiger partial charge is 0.410 e. The lowest BCUT2D eigenvalue weighted by atomic mass is 10.0. The number of nitrogens with zero attached hydrogens (tertiary/aromatic N) is 1. The maximum absolute atomic E-state index is 13.1. The number of rotatable bonds is 9. The van der Waals surface area contributed by atoms with Gasteiger partial charge in [0, 0.05) is 41.7 Å². The van der Waals surface area contributed by atoms with Gasteiger partial charge in [-0.3, -0.25) is 4.79 Å². The molecule has 204 valence electrons. The highest BCUT2D eigenvalue weighted by Gasteiger charge is 2.36. The van der Waals surface area contributed by atoms with Gasteiger partial charge in [-0.2, -0.15) is 0 Å². The Bertz CT molecular complexity index is 1310. The standard InChI is InChI=1S/C29H37N3O4S2/c1-28(2,3)36-27(35)32(17-14-20-6-12-24(33)26-23(20)11-13-25(34)31-26)16-5-4-15-29(37-18-19-38-29)21-7-9-22(30)10-8-21/h6-13,33H,4-5,14-19,30H2,1-3H3,(H,31,34). The van der Waals surface area contributed by atoms with E-state index >= 15 is 0 Å². The van der Waals surface area contributed by atoms with Gasteiger partial charge in [0.1, 0.15) is 11.4 Å². The van der Waals surface area contributed by atoms with Crippen molar-refractivity contribution in [3.63, 3.8) is 0 Å². The highest BCUT2D eigenvalue weighted by Crippen LogP contribution is 2.55. The number of hydrogen-bond donors (Lipinski definition) is 3. The predicted octanol–water partition coefficient (Wildman–Crippen LogP) is 6.10. The summed E-state index contributed by atoms with van der Waals surface area (Å²) in [6.07, 6.45) is 3.10. The molecule has 3 aromatic rings. The van der Waals surface area contributed by atoms with E-state index in [4.69, 9.17) is 10.5 Å². The van der Waals surface area contributed by atoms with Crippen LogP contribution in [0.3, 0.4) is 0 Å². The molecule has 0 radical (unpaired) electrons. The topological polar surface area (TPSA) is 109 Å². The Labute approximate surface area is 232 Å². The SMILES string of the molecule is CC(C)(C)OC(=O)N(CCCCC1(c2ccc(N)cc2)SCCS1)CCc1ccc(O)c2[nH]c(=O)ccc12. The van der Waals surface area contributed by atoms with Gasteiger partial charge in [-0.1, -0.05) is 18.2 Å². The van der Waals surface area contributed by atoms with E-state index in [0.717, 1.165) is 47.4 Å². The summed E-state index contributed by atoms with van der Waals surface area (Å²) in [6, 6.07) is 14.8. The highest BCUT2D eigenvalue weighted by molar-refractivity contribution is 8.20. The van der Waals surface area contributed by atoms with Crippen LogP contribution in [0, 0.1) is 0 Å². The van der Waals surface area contributed by atoms with Crippen LogP contribution in [0.5, 0.6) is 5.75 Å². The maximum Gasteiger partial charge on any atom is 0.410 e. The number of nitrogen functional groups attached to an aromatic ring is 1. The minimum atomic E-state index is -0.587. The van der Waals surface area contributed by atoms with Crippen LogP contribution >= 0.6 is 23.5 Å². The number of H-pyrrole nitrogens is 1. The predicted molar refractivity (Wildman–Crippen MR) is 159 cm³/mol. The van der Waals surface area contributed by atoms with Crippen molar-refractivity contribution >= 4 is 46.2 Å². The largest absolute Gasteiger partial charge is 0.506 e. The monoisotopic (exact) mass is 555 g/mol. The molecule has 4 N–H and O–H groups in total. The number of nitrogens with two attached hydrogens (primary N) is 1. The van der Waals surface area contributed by atoms with Crippen LogP contribution in [-0.4, -0.2) is 51.3 Å². The number of thioether (sulfide) groups is 2. The number of phenols is 1. The number of phenolic OH excluding ortho intramolecular Hbond substituents is 1. The first-order valence-corrected chi connectivity index (χ1v) is 15.0. The summed E-state index contributed by atoms with van der Waals surface area (Å²) >= 11 is 4.01. The van der Waals surface area contributed by atoms with Crippen molar-refractivity contribution in [2.24, 2.45) is 0 Å². The fraction of sp³-hybridized carbons (Fsp3) is 0.448. The highest BCUT2D eigenvalue weighted by atomic mass is 32.2. The number of aromatic hydroxyl groups is 1. The Morgan fingerprint density at radius 2 is 1.76 bits per heavy atom. The molecule has 9 heteroatoms. The lowest BCUT2D eigenvalue weighted by Gasteiger charge is -2.30. The fourth-order valence-electron chi connectivity index (χ4n) is 4.70. The number of aromatic nitrogens is 1. The average molecular weight is 556 g/mol. The molecule has 1 aliphatic heterocycles. The van der Waals surface area contributed by atoms with Crippen LogP contribution in [0.2, 0.25) is 0 Å². The molecule has 38 heavy (non-hydrogen) atoms. The molecule has 0 aliphatic carbocycles. The third-order valence-corrected chi connectivity index (χ3v) is 10.1. The second-order valence-electron chi connectivity index (χ2n) is 10.6. The Kier molecular flexibility index (Phi) is 8.88. The third kappa shape index (κ3) is 6.99. The normalized spacial score (nSPS) is 15.0. The van der Waals surface area contributed by atoms with Crippen molar-refractivity contribution in [1.82, 2.24) is 9.88 Å². The molecule has 1 amide bonds. The molecule has 0 unspecified atom stereocenters. The molecular weight excluding hydrogens is 518 g/mol. The molecule has 1 saturated heterocycles. The summed E-state index contributed by atoms with van der Waals surface area (Å²) in [6.45, 7) is 6.68. The van der Waals surface area contributed by atoms with E-state index in [-0.39, 0.29) is 21.5 Å². The zero-order chi connectivity index (χ0) is 27.3. The van der Waals surface area contributed by atoms with Crippen LogP contribution in [0.4, 0.5) is 10.5 Å². The number of carbonyl (C=O) groups is 1. The zero-order valence-electron chi connectivity index (χ0n) is 22.3. The molecule has 0 saturated carbocycles. The summed E-state index contributed by atoms with van der Waals surface area (Å²) in [5, 5.41) is 11.0. The first-order chi connectivity index (χ1) is 18.1. The van der Waals surface area contributed by atoms with E-state index in [1.165, 1.54) is 11.6 Å². The van der Waals surface area contributed by atoms with Crippen molar-refractivity contribution in [2.75, 3.05) is 30.3 Å². The van der Waals surface area contributed by atoms with Crippen LogP contribution in [0.1, 0.15) is 51.2 Å². The molecule has 0 atom stereocenters. The number of unbranched alkanes of at least 4 members (excludes halogenated alkanes) is 1. The molecule has 4 rings (SSSR count). The Morgan fingerprint density at radius 1 is 1.05 bits per heavy atom. The lowest BCUT2D eigenvalue weighted by Crippen LogP contribution is -2.38. The second kappa shape index (κ2) is 11.9. The van der Waals surface area contributed by atoms with Gasteiger partial charge >= 0.3 is 6.09 Å². The van der Waals surface area contributed by atoms with E-state index in [9.17, 15) is 14.7 Å². The van der Waals surface area contributed by atoms with Gasteiger partial charge in [-0.05, 0) is 81.8 Å². The van der Waals surface area contributed by atoms with Gasteiger partial charge in [-0.25, -0.2) is 4.79 Å². The van der Waals surface area contributed by atoms with E-state index < -0.39 is 5.60 Å². The van der Waals surface area contributed by atoms with Gasteiger partial charge in [-0.15, -0.1) is 23.5 Å². The summed E-state index contributed by atoms with van der Waals surface area (Å²) in [7, 11) is 0. The number of hydrogen-bond acceptors (Lipinski definition) is 7. The number of fused-ring (bicyclic) bond motifs is 1. The van der Waals surface area contributed by atoms with E-state index in [1.54, 1.807) is 17.0 Å². The minimum absolute atomic E-state index is 0.0307. The average Bonchev–Trinajstić information content (AvgIpc) is 3.34. The summed E-state index contributed by atoms with van der Waals surface area (Å²) < 4.78 is 5.75.